The van der Waals surface area contributed by atoms with Gasteiger partial charge in [-0.1, -0.05) is 11.6 Å². The molecule has 3 heterocycles. The maximum absolute atomic E-state index is 13.2. The highest BCUT2D eigenvalue weighted by atomic mass is 16.5. The van der Waals surface area contributed by atoms with Crippen LogP contribution in [-0.4, -0.2) is 51.5 Å². The Morgan fingerprint density at radius 1 is 1.17 bits per heavy atom. The summed E-state index contributed by atoms with van der Waals surface area (Å²) < 4.78 is 7.41. The van der Waals surface area contributed by atoms with Crippen molar-refractivity contribution >= 4 is 10.9 Å². The van der Waals surface area contributed by atoms with Crippen LogP contribution >= 0.6 is 0 Å². The monoisotopic (exact) mass is 397 g/mol. The standard InChI is InChI=1S/C21H28N6O2/c1-13-10-14(2)17-15(11-13)12-16(20(28)22-17)18(26-6-8-29-9-7-26)19-23-24-25-27(19)21(3,4)5/h10-12,18H,6-9H2,1-5H3,(H,22,28)/p+1/t18-/m1/s1. The minimum Gasteiger partial charge on any atom is -0.370 e. The van der Waals surface area contributed by atoms with Crippen LogP contribution in [0.25, 0.3) is 10.9 Å². The predicted octanol–water partition coefficient (Wildman–Crippen LogP) is 0.891. The van der Waals surface area contributed by atoms with E-state index < -0.39 is 0 Å². The molecule has 29 heavy (non-hydrogen) atoms. The SMILES string of the molecule is Cc1cc(C)c2[nH]c(=O)c([C@H](c3nnnn3C(C)(C)C)[NH+]3CCOCC3)cc2c1. The molecule has 4 rings (SSSR count). The Balaban J connectivity index is 1.94. The van der Waals surface area contributed by atoms with Crippen LogP contribution in [0.3, 0.4) is 0 Å². The fourth-order valence-electron chi connectivity index (χ4n) is 4.23. The molecule has 0 unspecified atom stereocenters. The summed E-state index contributed by atoms with van der Waals surface area (Å²) in [5.74, 6) is 0.712. The van der Waals surface area contributed by atoms with Gasteiger partial charge in [0.05, 0.1) is 29.8 Å². The Morgan fingerprint density at radius 3 is 2.59 bits per heavy atom. The number of pyridine rings is 1. The van der Waals surface area contributed by atoms with Gasteiger partial charge in [0, 0.05) is 0 Å². The summed E-state index contributed by atoms with van der Waals surface area (Å²) in [5.41, 5.74) is 3.44. The number of aromatic amines is 1. The Hall–Kier alpha value is -2.58. The third-order valence-electron chi connectivity index (χ3n) is 5.56. The fraction of sp³-hybridized carbons (Fsp3) is 0.524. The number of nitrogens with zero attached hydrogens (tertiary/aromatic N) is 4. The van der Waals surface area contributed by atoms with Crippen LogP contribution in [-0.2, 0) is 10.3 Å². The average Bonchev–Trinajstić information content (AvgIpc) is 3.14. The molecule has 0 saturated carbocycles. The van der Waals surface area contributed by atoms with Gasteiger partial charge in [0.1, 0.15) is 13.1 Å². The number of H-pyrrole nitrogens is 1. The topological polar surface area (TPSA) is 90.1 Å². The van der Waals surface area contributed by atoms with Crippen LogP contribution in [0.4, 0.5) is 0 Å². The second kappa shape index (κ2) is 7.35. The van der Waals surface area contributed by atoms with E-state index in [0.29, 0.717) is 24.6 Å². The van der Waals surface area contributed by atoms with Crippen molar-refractivity contribution < 1.29 is 9.64 Å². The molecule has 1 aliphatic heterocycles. The third-order valence-corrected chi connectivity index (χ3v) is 5.56. The largest absolute Gasteiger partial charge is 0.370 e. The van der Waals surface area contributed by atoms with Crippen molar-refractivity contribution in [1.82, 2.24) is 25.2 Å². The predicted molar refractivity (Wildman–Crippen MR) is 110 cm³/mol. The number of aryl methyl sites for hydroxylation is 2. The molecule has 8 heteroatoms. The van der Waals surface area contributed by atoms with Crippen LogP contribution in [0.5, 0.6) is 0 Å². The molecular formula is C21H29N6O2+. The van der Waals surface area contributed by atoms with Gasteiger partial charge in [-0.15, -0.1) is 5.10 Å². The number of benzene rings is 1. The van der Waals surface area contributed by atoms with Crippen molar-refractivity contribution in [2.75, 3.05) is 26.3 Å². The van der Waals surface area contributed by atoms with E-state index in [4.69, 9.17) is 4.74 Å². The zero-order chi connectivity index (χ0) is 20.8. The normalized spacial score (nSPS) is 17.0. The highest BCUT2D eigenvalue weighted by molar-refractivity contribution is 5.83. The third kappa shape index (κ3) is 3.70. The number of hydrogen-bond acceptors (Lipinski definition) is 5. The molecule has 1 fully saturated rings. The smallest absolute Gasteiger partial charge is 0.258 e. The molecule has 0 amide bonds. The molecule has 0 bridgehead atoms. The molecular weight excluding hydrogens is 368 g/mol. The highest BCUT2D eigenvalue weighted by Crippen LogP contribution is 2.24. The quantitative estimate of drug-likeness (QED) is 0.685. The summed E-state index contributed by atoms with van der Waals surface area (Å²) in [4.78, 5) is 17.6. The van der Waals surface area contributed by atoms with Gasteiger partial charge in [-0.3, -0.25) is 4.79 Å². The van der Waals surface area contributed by atoms with Gasteiger partial charge in [-0.25, -0.2) is 4.68 Å². The molecule has 1 aliphatic rings. The second-order valence-electron chi connectivity index (χ2n) is 8.92. The first-order valence-corrected chi connectivity index (χ1v) is 10.1. The molecule has 2 N–H and O–H groups in total. The van der Waals surface area contributed by atoms with E-state index in [1.165, 1.54) is 10.5 Å². The first-order chi connectivity index (χ1) is 13.8. The molecule has 1 aromatic carbocycles. The van der Waals surface area contributed by atoms with Crippen molar-refractivity contribution in [2.45, 2.75) is 46.2 Å². The van der Waals surface area contributed by atoms with E-state index in [-0.39, 0.29) is 17.1 Å². The Morgan fingerprint density at radius 2 is 1.90 bits per heavy atom. The lowest BCUT2D eigenvalue weighted by atomic mass is 9.99. The maximum atomic E-state index is 13.2. The van der Waals surface area contributed by atoms with E-state index in [2.05, 4.69) is 60.3 Å². The van der Waals surface area contributed by atoms with E-state index in [0.717, 1.165) is 29.6 Å². The van der Waals surface area contributed by atoms with Crippen LogP contribution in [0.15, 0.2) is 23.0 Å². The lowest BCUT2D eigenvalue weighted by molar-refractivity contribution is -0.934. The van der Waals surface area contributed by atoms with Gasteiger partial charge in [0.25, 0.3) is 5.56 Å². The molecule has 3 aromatic rings. The number of hydrogen-bond donors (Lipinski definition) is 2. The molecule has 2 aromatic heterocycles. The molecule has 154 valence electrons. The highest BCUT2D eigenvalue weighted by Gasteiger charge is 2.37. The molecule has 1 saturated heterocycles. The van der Waals surface area contributed by atoms with Gasteiger partial charge in [-0.05, 0) is 68.1 Å². The minimum absolute atomic E-state index is 0.0862. The number of morpholine rings is 1. The number of tetrazole rings is 1. The lowest BCUT2D eigenvalue weighted by Gasteiger charge is -2.32. The summed E-state index contributed by atoms with van der Waals surface area (Å²) in [5, 5.41) is 13.6. The first kappa shape index (κ1) is 19.7. The van der Waals surface area contributed by atoms with Gasteiger partial charge in [-0.2, -0.15) is 0 Å². The summed E-state index contributed by atoms with van der Waals surface area (Å²) >= 11 is 0. The summed E-state index contributed by atoms with van der Waals surface area (Å²) in [6, 6.07) is 5.95. The molecule has 8 nitrogen and oxygen atoms in total. The number of nitrogens with one attached hydrogen (secondary N) is 2. The Kier molecular flexibility index (Phi) is 5.00. The van der Waals surface area contributed by atoms with Crippen LogP contribution in [0.2, 0.25) is 0 Å². The number of ether oxygens (including phenoxy) is 1. The van der Waals surface area contributed by atoms with E-state index in [1.54, 1.807) is 0 Å². The van der Waals surface area contributed by atoms with Gasteiger partial charge < -0.3 is 14.6 Å². The average molecular weight is 398 g/mol. The summed E-state index contributed by atoms with van der Waals surface area (Å²) in [6.07, 6.45) is 0. The zero-order valence-electron chi connectivity index (χ0n) is 17.7. The lowest BCUT2D eigenvalue weighted by Crippen LogP contribution is -3.14. The van der Waals surface area contributed by atoms with Gasteiger partial charge >= 0.3 is 0 Å². The van der Waals surface area contributed by atoms with Crippen molar-refractivity contribution in [2.24, 2.45) is 0 Å². The number of fused-ring (bicyclic) bond motifs is 1. The van der Waals surface area contributed by atoms with Crippen LogP contribution in [0.1, 0.15) is 49.3 Å². The van der Waals surface area contributed by atoms with E-state index in [9.17, 15) is 4.79 Å². The van der Waals surface area contributed by atoms with Crippen molar-refractivity contribution in [3.8, 4) is 0 Å². The van der Waals surface area contributed by atoms with Crippen LogP contribution in [0, 0.1) is 13.8 Å². The van der Waals surface area contributed by atoms with Crippen molar-refractivity contribution in [3.63, 3.8) is 0 Å². The second-order valence-corrected chi connectivity index (χ2v) is 8.92. The minimum atomic E-state index is -0.292. The van der Waals surface area contributed by atoms with E-state index in [1.807, 2.05) is 17.7 Å². The fourth-order valence-corrected chi connectivity index (χ4v) is 4.23. The van der Waals surface area contributed by atoms with Crippen molar-refractivity contribution in [3.05, 3.63) is 51.1 Å². The Bertz CT molecular complexity index is 1090. The molecule has 1 atom stereocenters. The number of rotatable bonds is 3. The van der Waals surface area contributed by atoms with E-state index >= 15 is 0 Å². The molecule has 0 aliphatic carbocycles. The van der Waals surface area contributed by atoms with Crippen LogP contribution < -0.4 is 10.5 Å². The summed E-state index contributed by atoms with van der Waals surface area (Å²) in [6.45, 7) is 13.2. The molecule has 0 radical (unpaired) electrons. The number of aromatic nitrogens is 5. The molecule has 0 spiro atoms. The zero-order valence-corrected chi connectivity index (χ0v) is 17.7. The van der Waals surface area contributed by atoms with Gasteiger partial charge in [0.2, 0.25) is 5.82 Å². The number of quaternary nitrogens is 1. The first-order valence-electron chi connectivity index (χ1n) is 10.1. The summed E-state index contributed by atoms with van der Waals surface area (Å²) in [7, 11) is 0. The van der Waals surface area contributed by atoms with Crippen molar-refractivity contribution in [1.29, 1.82) is 0 Å². The maximum Gasteiger partial charge on any atom is 0.258 e. The van der Waals surface area contributed by atoms with Gasteiger partial charge in [0.15, 0.2) is 6.04 Å². The Labute approximate surface area is 169 Å².